The van der Waals surface area contributed by atoms with Gasteiger partial charge in [0.25, 0.3) is 0 Å². The maximum absolute atomic E-state index is 6.24. The Hall–Kier alpha value is -2.66. The van der Waals surface area contributed by atoms with Crippen LogP contribution in [0.2, 0.25) is 0 Å². The van der Waals surface area contributed by atoms with Gasteiger partial charge in [-0.3, -0.25) is 9.67 Å². The quantitative estimate of drug-likeness (QED) is 0.208. The molecule has 1 fully saturated rings. The van der Waals surface area contributed by atoms with Crippen molar-refractivity contribution in [2.45, 2.75) is 46.2 Å². The zero-order valence-corrected chi connectivity index (χ0v) is 24.1. The highest BCUT2D eigenvalue weighted by atomic mass is 32.2. The number of rotatable bonds is 12. The molecule has 1 saturated heterocycles. The Kier molecular flexibility index (Phi) is 9.16. The smallest absolute Gasteiger partial charge is 0.184 e. The molecule has 0 amide bonds. The molecule has 202 valence electrons. The molecule has 0 saturated carbocycles. The van der Waals surface area contributed by atoms with Crippen molar-refractivity contribution in [2.24, 2.45) is 0 Å². The highest BCUT2D eigenvalue weighted by Gasteiger charge is 2.21. The third-order valence-electron chi connectivity index (χ3n) is 6.82. The summed E-state index contributed by atoms with van der Waals surface area (Å²) >= 11 is 3.62. The van der Waals surface area contributed by atoms with Gasteiger partial charge in [-0.05, 0) is 44.1 Å². The molecule has 1 aliphatic heterocycles. The van der Waals surface area contributed by atoms with Crippen molar-refractivity contribution in [3.8, 4) is 22.8 Å². The van der Waals surface area contributed by atoms with Gasteiger partial charge in [-0.2, -0.15) is 5.10 Å². The van der Waals surface area contributed by atoms with E-state index in [4.69, 9.17) is 9.72 Å². The summed E-state index contributed by atoms with van der Waals surface area (Å²) in [5.74, 6) is 2.67. The summed E-state index contributed by atoms with van der Waals surface area (Å²) in [6.07, 6.45) is 8.12. The first kappa shape index (κ1) is 26.9. The summed E-state index contributed by atoms with van der Waals surface area (Å²) in [5.41, 5.74) is 2.83. The van der Waals surface area contributed by atoms with Crippen LogP contribution in [0.5, 0.6) is 11.5 Å². The van der Waals surface area contributed by atoms with Gasteiger partial charge in [0, 0.05) is 61.5 Å². The lowest BCUT2D eigenvalue weighted by atomic mass is 10.1. The summed E-state index contributed by atoms with van der Waals surface area (Å²) in [5, 5.41) is 9.18. The van der Waals surface area contributed by atoms with E-state index < -0.39 is 0 Å². The minimum atomic E-state index is 0.441. The number of hydrogen-bond acceptors (Lipinski definition) is 9. The normalized spacial score (nSPS) is 16.4. The number of piperidine rings is 1. The van der Waals surface area contributed by atoms with Crippen molar-refractivity contribution in [3.63, 3.8) is 0 Å². The Balaban J connectivity index is 1.23. The number of likely N-dealkylation sites (N-methyl/N-ethyl adjacent to an activating group) is 1. The first-order chi connectivity index (χ1) is 18.6. The summed E-state index contributed by atoms with van der Waals surface area (Å²) in [7, 11) is 0. The molecular formula is C28H37N7OS2. The molecule has 10 heteroatoms. The number of fused-ring (bicyclic) bond motifs is 1. The van der Waals surface area contributed by atoms with Crippen LogP contribution >= 0.6 is 23.3 Å². The molecule has 38 heavy (non-hydrogen) atoms. The second kappa shape index (κ2) is 12.9. The van der Waals surface area contributed by atoms with E-state index in [2.05, 4.69) is 57.6 Å². The monoisotopic (exact) mass is 551 g/mol. The second-order valence-electron chi connectivity index (χ2n) is 9.44. The zero-order valence-electron chi connectivity index (χ0n) is 22.5. The lowest BCUT2D eigenvalue weighted by Crippen LogP contribution is -2.38. The van der Waals surface area contributed by atoms with Gasteiger partial charge in [-0.1, -0.05) is 44.1 Å². The highest BCUT2D eigenvalue weighted by Crippen LogP contribution is 2.33. The summed E-state index contributed by atoms with van der Waals surface area (Å²) in [6.45, 7) is 12.8. The molecule has 8 nitrogen and oxygen atoms in total. The van der Waals surface area contributed by atoms with Crippen LogP contribution in [-0.4, -0.2) is 73.5 Å². The van der Waals surface area contributed by atoms with E-state index in [0.29, 0.717) is 6.04 Å². The number of benzene rings is 1. The highest BCUT2D eigenvalue weighted by molar-refractivity contribution is 7.96. The maximum atomic E-state index is 6.24. The average Bonchev–Trinajstić information content (AvgIpc) is 3.56. The van der Waals surface area contributed by atoms with E-state index >= 15 is 0 Å². The molecule has 0 bridgehead atoms. The van der Waals surface area contributed by atoms with Crippen molar-refractivity contribution in [1.29, 1.82) is 0 Å². The summed E-state index contributed by atoms with van der Waals surface area (Å²) in [4.78, 5) is 11.8. The van der Waals surface area contributed by atoms with Crippen molar-refractivity contribution in [2.75, 3.05) is 43.8 Å². The van der Waals surface area contributed by atoms with E-state index in [1.54, 1.807) is 17.5 Å². The molecule has 1 aliphatic rings. The fourth-order valence-electron chi connectivity index (χ4n) is 4.74. The van der Waals surface area contributed by atoms with Gasteiger partial charge in [0.05, 0.1) is 28.7 Å². The number of nitrogens with one attached hydrogen (secondary N) is 1. The van der Waals surface area contributed by atoms with E-state index in [1.165, 1.54) is 19.4 Å². The third kappa shape index (κ3) is 6.85. The summed E-state index contributed by atoms with van der Waals surface area (Å²) < 4.78 is 11.8. The largest absolute Gasteiger partial charge is 0.457 e. The lowest BCUT2D eigenvalue weighted by molar-refractivity contribution is 0.285. The summed E-state index contributed by atoms with van der Waals surface area (Å²) in [6, 6.07) is 10.4. The van der Waals surface area contributed by atoms with Gasteiger partial charge in [-0.15, -0.1) is 0 Å². The molecule has 1 atom stereocenters. The van der Waals surface area contributed by atoms with Gasteiger partial charge in [0.15, 0.2) is 5.13 Å². The lowest BCUT2D eigenvalue weighted by Gasteiger charge is -2.31. The first-order valence-electron chi connectivity index (χ1n) is 13.6. The Morgan fingerprint density at radius 3 is 2.87 bits per heavy atom. The van der Waals surface area contributed by atoms with Crippen LogP contribution in [0.4, 0.5) is 5.13 Å². The topological polar surface area (TPSA) is 71.3 Å². The van der Waals surface area contributed by atoms with Gasteiger partial charge in [-0.25, -0.2) is 9.29 Å². The fraction of sp³-hybridized carbons (Fsp3) is 0.464. The molecule has 0 aliphatic carbocycles. The Morgan fingerprint density at radius 2 is 2.03 bits per heavy atom. The standard InChI is InChI=1S/C28H37N7OS2/c1-4-33(5-2)14-15-34-19-21(18-30-34)26-16-24(11-12-29-26)36-23-9-10-25-27(17-23)38-28(32-25)31-22-8-7-13-35(20-22)37-6-3/h9-12,16-19,22H,4-8,13-15,20H2,1-3H3,(H,31,32). The third-order valence-corrected chi connectivity index (χ3v) is 8.72. The molecular weight excluding hydrogens is 514 g/mol. The number of hydrogen-bond donors (Lipinski definition) is 1. The molecule has 1 unspecified atom stereocenters. The van der Waals surface area contributed by atoms with E-state index in [-0.39, 0.29) is 0 Å². The minimum Gasteiger partial charge on any atom is -0.457 e. The number of pyridine rings is 1. The van der Waals surface area contributed by atoms with E-state index in [1.807, 2.05) is 47.1 Å². The first-order valence-corrected chi connectivity index (χ1v) is 15.3. The molecule has 4 aromatic rings. The van der Waals surface area contributed by atoms with Gasteiger partial charge in [0.1, 0.15) is 11.5 Å². The van der Waals surface area contributed by atoms with E-state index in [9.17, 15) is 0 Å². The molecule has 5 rings (SSSR count). The Bertz CT molecular complexity index is 1320. The molecule has 1 N–H and O–H groups in total. The molecule has 1 aromatic carbocycles. The molecule has 0 spiro atoms. The van der Waals surface area contributed by atoms with Gasteiger partial charge < -0.3 is 15.0 Å². The van der Waals surface area contributed by atoms with Crippen LogP contribution in [0.1, 0.15) is 33.6 Å². The van der Waals surface area contributed by atoms with Crippen LogP contribution in [0.15, 0.2) is 48.9 Å². The maximum Gasteiger partial charge on any atom is 0.184 e. The number of nitrogens with zero attached hydrogens (tertiary/aromatic N) is 6. The van der Waals surface area contributed by atoms with Crippen molar-refractivity contribution < 1.29 is 4.74 Å². The number of anilines is 1. The van der Waals surface area contributed by atoms with Gasteiger partial charge in [0.2, 0.25) is 0 Å². The van der Waals surface area contributed by atoms with Crippen molar-refractivity contribution >= 4 is 38.6 Å². The molecule has 3 aromatic heterocycles. The van der Waals surface area contributed by atoms with Crippen LogP contribution in [0.3, 0.4) is 0 Å². The van der Waals surface area contributed by atoms with Gasteiger partial charge >= 0.3 is 0 Å². The SMILES string of the molecule is CCSN1CCCC(Nc2nc3ccc(Oc4ccnc(-c5cnn(CCN(CC)CC)c5)c4)cc3s2)C1. The Labute approximate surface area is 233 Å². The fourth-order valence-corrected chi connectivity index (χ4v) is 6.62. The number of ether oxygens (including phenoxy) is 1. The Morgan fingerprint density at radius 1 is 1.16 bits per heavy atom. The van der Waals surface area contributed by atoms with Crippen LogP contribution in [0.25, 0.3) is 21.5 Å². The predicted molar refractivity (Wildman–Crippen MR) is 159 cm³/mol. The van der Waals surface area contributed by atoms with E-state index in [0.717, 1.165) is 76.6 Å². The second-order valence-corrected chi connectivity index (χ2v) is 11.8. The van der Waals surface area contributed by atoms with Crippen LogP contribution in [0, 0.1) is 0 Å². The zero-order chi connectivity index (χ0) is 26.3. The molecule has 4 heterocycles. The van der Waals surface area contributed by atoms with Crippen LogP contribution < -0.4 is 10.1 Å². The predicted octanol–water partition coefficient (Wildman–Crippen LogP) is 6.23. The number of aromatic nitrogens is 4. The average molecular weight is 552 g/mol. The van der Waals surface area contributed by atoms with Crippen LogP contribution in [-0.2, 0) is 6.54 Å². The van der Waals surface area contributed by atoms with Crippen molar-refractivity contribution in [3.05, 3.63) is 48.9 Å². The minimum absolute atomic E-state index is 0.441. The molecule has 0 radical (unpaired) electrons. The van der Waals surface area contributed by atoms with Crippen molar-refractivity contribution in [1.82, 2.24) is 29.0 Å². The number of thiazole rings is 1.